The van der Waals surface area contributed by atoms with Gasteiger partial charge in [0.05, 0.1) is 12.1 Å². The molecule has 0 aliphatic heterocycles. The van der Waals surface area contributed by atoms with E-state index >= 15 is 0 Å². The van der Waals surface area contributed by atoms with E-state index < -0.39 is 28.6 Å². The van der Waals surface area contributed by atoms with Crippen LogP contribution < -0.4 is 5.32 Å². The molecule has 21 heavy (non-hydrogen) atoms. The zero-order chi connectivity index (χ0) is 15.6. The number of hydrogen-bond acceptors (Lipinski definition) is 2. The van der Waals surface area contributed by atoms with Crippen LogP contribution in [-0.2, 0) is 0 Å². The van der Waals surface area contributed by atoms with Crippen molar-refractivity contribution in [1.82, 2.24) is 5.32 Å². The highest BCUT2D eigenvalue weighted by Gasteiger charge is 2.37. The van der Waals surface area contributed by atoms with E-state index in [1.807, 2.05) is 6.92 Å². The molecule has 0 heterocycles. The second-order valence-corrected chi connectivity index (χ2v) is 6.15. The van der Waals surface area contributed by atoms with E-state index in [1.54, 1.807) is 0 Å². The molecule has 2 rings (SSSR count). The zero-order valence-corrected chi connectivity index (χ0v) is 12.4. The lowest BCUT2D eigenvalue weighted by Gasteiger charge is -2.39. The van der Waals surface area contributed by atoms with Crippen molar-refractivity contribution in [1.29, 1.82) is 0 Å². The van der Waals surface area contributed by atoms with E-state index in [0.29, 0.717) is 18.8 Å². The van der Waals surface area contributed by atoms with Crippen molar-refractivity contribution in [3.8, 4) is 0 Å². The van der Waals surface area contributed by atoms with Crippen LogP contribution in [0.4, 0.5) is 8.78 Å². The Morgan fingerprint density at radius 1 is 1.48 bits per heavy atom. The number of carbonyl (C=O) groups excluding carboxylic acids is 1. The summed E-state index contributed by atoms with van der Waals surface area (Å²) in [4.78, 5) is 12.3. The fourth-order valence-electron chi connectivity index (χ4n) is 3.12. The van der Waals surface area contributed by atoms with E-state index in [-0.39, 0.29) is 12.2 Å². The van der Waals surface area contributed by atoms with Crippen LogP contribution >= 0.6 is 0 Å². The molecule has 0 saturated heterocycles. The summed E-state index contributed by atoms with van der Waals surface area (Å²) < 4.78 is 27.8. The fraction of sp³-hybridized carbons (Fsp3) is 0.562. The highest BCUT2D eigenvalue weighted by atomic mass is 19.1. The number of amides is 1. The fourth-order valence-corrected chi connectivity index (χ4v) is 3.12. The van der Waals surface area contributed by atoms with Crippen LogP contribution in [0.25, 0.3) is 0 Å². The van der Waals surface area contributed by atoms with Gasteiger partial charge < -0.3 is 10.4 Å². The minimum absolute atomic E-state index is 0.219. The third-order valence-corrected chi connectivity index (χ3v) is 4.28. The summed E-state index contributed by atoms with van der Waals surface area (Å²) in [5, 5.41) is 12.3. The summed E-state index contributed by atoms with van der Waals surface area (Å²) in [6, 6.07) is 2.38. The van der Waals surface area contributed by atoms with Gasteiger partial charge in [-0.25, -0.2) is 8.78 Å². The zero-order valence-electron chi connectivity index (χ0n) is 12.4. The Labute approximate surface area is 123 Å². The Bertz CT molecular complexity index is 547. The molecule has 0 bridgehead atoms. The van der Waals surface area contributed by atoms with Gasteiger partial charge in [0.2, 0.25) is 0 Å². The quantitative estimate of drug-likeness (QED) is 0.901. The van der Waals surface area contributed by atoms with E-state index in [4.69, 9.17) is 0 Å². The van der Waals surface area contributed by atoms with Crippen LogP contribution in [0.15, 0.2) is 12.1 Å². The van der Waals surface area contributed by atoms with Crippen LogP contribution in [0, 0.1) is 24.5 Å². The maximum atomic E-state index is 14.0. The Morgan fingerprint density at radius 2 is 2.19 bits per heavy atom. The van der Waals surface area contributed by atoms with Gasteiger partial charge in [-0.3, -0.25) is 4.79 Å². The largest absolute Gasteiger partial charge is 0.394 e. The molecule has 1 saturated carbocycles. The van der Waals surface area contributed by atoms with E-state index in [2.05, 4.69) is 5.32 Å². The van der Waals surface area contributed by atoms with Crippen LogP contribution in [0.2, 0.25) is 0 Å². The first-order valence-corrected chi connectivity index (χ1v) is 7.26. The van der Waals surface area contributed by atoms with Crippen LogP contribution in [0.3, 0.4) is 0 Å². The first kappa shape index (κ1) is 15.9. The van der Waals surface area contributed by atoms with Gasteiger partial charge in [0.25, 0.3) is 5.91 Å². The average molecular weight is 297 g/mol. The number of halogens is 2. The van der Waals surface area contributed by atoms with Crippen LogP contribution in [-0.4, -0.2) is 23.2 Å². The number of hydrogen-bond donors (Lipinski definition) is 2. The Kier molecular flexibility index (Phi) is 4.61. The third-order valence-electron chi connectivity index (χ3n) is 4.28. The lowest BCUT2D eigenvalue weighted by atomic mass is 9.76. The number of benzene rings is 1. The summed E-state index contributed by atoms with van der Waals surface area (Å²) in [5.74, 6) is -2.16. The number of aliphatic hydroxyl groups is 1. The van der Waals surface area contributed by atoms with Crippen molar-refractivity contribution in [2.45, 2.75) is 45.1 Å². The molecule has 1 amide bonds. The van der Waals surface area contributed by atoms with Gasteiger partial charge in [-0.1, -0.05) is 25.8 Å². The van der Waals surface area contributed by atoms with Crippen molar-refractivity contribution in [3.05, 3.63) is 34.9 Å². The van der Waals surface area contributed by atoms with Gasteiger partial charge in [-0.15, -0.1) is 0 Å². The minimum atomic E-state index is -0.882. The summed E-state index contributed by atoms with van der Waals surface area (Å²) in [5.41, 5.74) is -1.13. The number of aryl methyl sites for hydroxylation is 1. The number of rotatable bonds is 3. The predicted octanol–water partition coefficient (Wildman–Crippen LogP) is 2.94. The molecule has 1 aromatic rings. The first-order valence-electron chi connectivity index (χ1n) is 7.26. The highest BCUT2D eigenvalue weighted by molar-refractivity contribution is 5.95. The molecular formula is C16H21F2NO2. The first-order chi connectivity index (χ1) is 9.88. The predicted molar refractivity (Wildman–Crippen MR) is 76.0 cm³/mol. The van der Waals surface area contributed by atoms with Crippen molar-refractivity contribution in [2.75, 3.05) is 6.61 Å². The molecule has 3 nitrogen and oxygen atoms in total. The standard InChI is InChI=1S/C16H21F2NO2/c1-10-4-3-7-16(8-10,9-20)19-15(21)13-12(17)6-5-11(2)14(13)18/h5-6,10,20H,3-4,7-9H2,1-2H3,(H,19,21). The average Bonchev–Trinajstić information content (AvgIpc) is 2.43. The van der Waals surface area contributed by atoms with Crippen LogP contribution in [0.1, 0.15) is 48.5 Å². The Hall–Kier alpha value is -1.49. The summed E-state index contributed by atoms with van der Waals surface area (Å²) in [6.07, 6.45) is 3.14. The third kappa shape index (κ3) is 3.23. The molecule has 0 radical (unpaired) electrons. The van der Waals surface area contributed by atoms with Crippen molar-refractivity contribution in [3.63, 3.8) is 0 Å². The van der Waals surface area contributed by atoms with Gasteiger partial charge >= 0.3 is 0 Å². The number of carbonyl (C=O) groups is 1. The van der Waals surface area contributed by atoms with E-state index in [9.17, 15) is 18.7 Å². The molecule has 2 unspecified atom stereocenters. The lowest BCUT2D eigenvalue weighted by Crippen LogP contribution is -2.54. The highest BCUT2D eigenvalue weighted by Crippen LogP contribution is 2.32. The summed E-state index contributed by atoms with van der Waals surface area (Å²) >= 11 is 0. The SMILES string of the molecule is Cc1ccc(F)c(C(=O)NC2(CO)CCCC(C)C2)c1F. The molecule has 2 atom stereocenters. The second-order valence-electron chi connectivity index (χ2n) is 6.15. The number of nitrogens with one attached hydrogen (secondary N) is 1. The van der Waals surface area contributed by atoms with E-state index in [1.165, 1.54) is 13.0 Å². The molecule has 1 fully saturated rings. The van der Waals surface area contributed by atoms with Gasteiger partial charge in [0.15, 0.2) is 0 Å². The Balaban J connectivity index is 2.26. The lowest BCUT2D eigenvalue weighted by molar-refractivity contribution is 0.0690. The summed E-state index contributed by atoms with van der Waals surface area (Å²) in [7, 11) is 0. The normalized spacial score (nSPS) is 25.7. The molecule has 2 N–H and O–H groups in total. The van der Waals surface area contributed by atoms with Gasteiger partial charge in [-0.2, -0.15) is 0 Å². The molecule has 1 aromatic carbocycles. The summed E-state index contributed by atoms with van der Waals surface area (Å²) in [6.45, 7) is 3.30. The monoisotopic (exact) mass is 297 g/mol. The van der Waals surface area contributed by atoms with Gasteiger partial charge in [-0.05, 0) is 37.3 Å². The molecule has 1 aliphatic rings. The molecule has 0 aromatic heterocycles. The number of aliphatic hydroxyl groups excluding tert-OH is 1. The van der Waals surface area contributed by atoms with Crippen molar-refractivity contribution < 1.29 is 18.7 Å². The second kappa shape index (κ2) is 6.10. The Morgan fingerprint density at radius 3 is 2.81 bits per heavy atom. The molecule has 116 valence electrons. The van der Waals surface area contributed by atoms with Crippen molar-refractivity contribution in [2.24, 2.45) is 5.92 Å². The molecular weight excluding hydrogens is 276 g/mol. The van der Waals surface area contributed by atoms with E-state index in [0.717, 1.165) is 18.9 Å². The van der Waals surface area contributed by atoms with Gasteiger partial charge in [0.1, 0.15) is 17.2 Å². The van der Waals surface area contributed by atoms with Gasteiger partial charge in [0, 0.05) is 0 Å². The maximum Gasteiger partial charge on any atom is 0.257 e. The van der Waals surface area contributed by atoms with Crippen LogP contribution in [0.5, 0.6) is 0 Å². The minimum Gasteiger partial charge on any atom is -0.394 e. The molecule has 0 spiro atoms. The molecule has 5 heteroatoms. The topological polar surface area (TPSA) is 49.3 Å². The molecule has 1 aliphatic carbocycles. The maximum absolute atomic E-state index is 14.0. The smallest absolute Gasteiger partial charge is 0.257 e. The van der Waals surface area contributed by atoms with Crippen molar-refractivity contribution >= 4 is 5.91 Å².